The van der Waals surface area contributed by atoms with Gasteiger partial charge < -0.3 is 4.74 Å². The summed E-state index contributed by atoms with van der Waals surface area (Å²) < 4.78 is 17.6. The molecule has 1 unspecified atom stereocenters. The fourth-order valence-corrected chi connectivity index (χ4v) is 1.80. The van der Waals surface area contributed by atoms with Crippen molar-refractivity contribution in [3.63, 3.8) is 0 Å². The van der Waals surface area contributed by atoms with Crippen molar-refractivity contribution in [3.05, 3.63) is 10.8 Å². The van der Waals surface area contributed by atoms with E-state index in [4.69, 9.17) is 0 Å². The van der Waals surface area contributed by atoms with Gasteiger partial charge in [0.2, 0.25) is 0 Å². The van der Waals surface area contributed by atoms with E-state index in [1.54, 1.807) is 17.2 Å². The first-order valence-electron chi connectivity index (χ1n) is 5.39. The summed E-state index contributed by atoms with van der Waals surface area (Å²) >= 11 is 2.60. The van der Waals surface area contributed by atoms with Gasteiger partial charge in [-0.3, -0.25) is 0 Å². The first-order valence-corrected chi connectivity index (χ1v) is 7.38. The van der Waals surface area contributed by atoms with Gasteiger partial charge >= 0.3 is 0 Å². The van der Waals surface area contributed by atoms with Crippen molar-refractivity contribution in [2.24, 2.45) is 5.92 Å². The zero-order chi connectivity index (χ0) is 12.9. The van der Waals surface area contributed by atoms with Crippen molar-refractivity contribution in [1.29, 1.82) is 0 Å². The molecule has 0 aliphatic heterocycles. The first kappa shape index (κ1) is 16.3. The summed E-state index contributed by atoms with van der Waals surface area (Å²) in [4.78, 5) is 0. The highest BCUT2D eigenvalue weighted by atomic mass is 32.2. The maximum atomic E-state index is 13.0. The van der Waals surface area contributed by atoms with Crippen molar-refractivity contribution in [3.8, 4) is 23.9 Å². The molecule has 0 amide bonds. The molecule has 0 saturated heterocycles. The minimum Gasteiger partial charge on any atom is -0.399 e. The molecule has 0 spiro atoms. The predicted molar refractivity (Wildman–Crippen MR) is 75.9 cm³/mol. The molecule has 0 aromatic heterocycles. The van der Waals surface area contributed by atoms with Crippen LogP contribution >= 0.6 is 23.5 Å². The van der Waals surface area contributed by atoms with E-state index in [1.165, 1.54) is 0 Å². The maximum absolute atomic E-state index is 13.0. The molecular weight excluding hydrogens is 255 g/mol. The molecule has 1 atom stereocenters. The third-order valence-electron chi connectivity index (χ3n) is 1.29. The third-order valence-corrected chi connectivity index (χ3v) is 3.03. The molecule has 1 nitrogen and oxygen atoms in total. The number of hydrogen-bond donors (Lipinski definition) is 0. The zero-order valence-corrected chi connectivity index (χ0v) is 12.0. The quantitative estimate of drug-likeness (QED) is 0.407. The van der Waals surface area contributed by atoms with Crippen LogP contribution in [0.3, 0.4) is 0 Å². The molecule has 0 bridgehead atoms. The van der Waals surface area contributed by atoms with Crippen LogP contribution in [-0.4, -0.2) is 11.4 Å². The van der Waals surface area contributed by atoms with E-state index in [2.05, 4.69) is 35.5 Å². The predicted octanol–water partition coefficient (Wildman–Crippen LogP) is 4.22. The minimum absolute atomic E-state index is 0.262. The van der Waals surface area contributed by atoms with E-state index in [0.29, 0.717) is 0 Å². The Kier molecular flexibility index (Phi) is 11.3. The number of halogens is 1. The standard InChI is InChI=1S/C13H17FOS2/c1-4-9-16-10-11-17-13(14)15-8-6-5-7-12(2)3/h10-13H,4,9H2,1-3H3/b11-10+. The Bertz CT molecular complexity index is 331. The Morgan fingerprint density at radius 2 is 2.06 bits per heavy atom. The fraction of sp³-hybridized carbons (Fsp3) is 0.538. The molecule has 0 radical (unpaired) electrons. The second-order valence-corrected chi connectivity index (χ2v) is 5.25. The summed E-state index contributed by atoms with van der Waals surface area (Å²) in [6.07, 6.45) is 3.34. The van der Waals surface area contributed by atoms with Crippen LogP contribution < -0.4 is 0 Å². The maximum Gasteiger partial charge on any atom is 0.300 e. The lowest BCUT2D eigenvalue weighted by Gasteiger charge is -1.99. The van der Waals surface area contributed by atoms with E-state index in [1.807, 2.05) is 19.3 Å². The topological polar surface area (TPSA) is 9.23 Å². The minimum atomic E-state index is -1.46. The Balaban J connectivity index is 3.69. The van der Waals surface area contributed by atoms with E-state index in [0.717, 1.165) is 23.9 Å². The molecule has 17 heavy (non-hydrogen) atoms. The highest BCUT2D eigenvalue weighted by Gasteiger charge is 2.01. The average Bonchev–Trinajstić information content (AvgIpc) is 2.28. The largest absolute Gasteiger partial charge is 0.399 e. The van der Waals surface area contributed by atoms with Crippen molar-refractivity contribution < 1.29 is 9.13 Å². The van der Waals surface area contributed by atoms with Gasteiger partial charge in [0, 0.05) is 11.8 Å². The lowest BCUT2D eigenvalue weighted by Crippen LogP contribution is -1.93. The van der Waals surface area contributed by atoms with E-state index >= 15 is 0 Å². The molecule has 0 N–H and O–H groups in total. The summed E-state index contributed by atoms with van der Waals surface area (Å²) in [5.41, 5.74) is -1.46. The summed E-state index contributed by atoms with van der Waals surface area (Å²) in [5, 5.41) is 3.53. The first-order chi connectivity index (χ1) is 8.16. The fourth-order valence-electron chi connectivity index (χ4n) is 0.629. The Hall–Kier alpha value is -0.710. The van der Waals surface area contributed by atoms with E-state index < -0.39 is 5.69 Å². The van der Waals surface area contributed by atoms with Crippen molar-refractivity contribution in [1.82, 2.24) is 0 Å². The van der Waals surface area contributed by atoms with Crippen LogP contribution in [0.15, 0.2) is 10.8 Å². The highest BCUT2D eigenvalue weighted by Crippen LogP contribution is 2.17. The molecule has 0 aromatic carbocycles. The Morgan fingerprint density at radius 3 is 2.71 bits per heavy atom. The lowest BCUT2D eigenvalue weighted by atomic mass is 10.2. The van der Waals surface area contributed by atoms with E-state index in [-0.39, 0.29) is 5.92 Å². The summed E-state index contributed by atoms with van der Waals surface area (Å²) in [5.74, 6) is 9.17. The van der Waals surface area contributed by atoms with Crippen LogP contribution in [0.1, 0.15) is 27.2 Å². The Morgan fingerprint density at radius 1 is 1.29 bits per heavy atom. The molecule has 0 fully saturated rings. The van der Waals surface area contributed by atoms with Gasteiger partial charge in [-0.05, 0) is 28.9 Å². The highest BCUT2D eigenvalue weighted by molar-refractivity contribution is 8.05. The molecule has 0 aliphatic carbocycles. The van der Waals surface area contributed by atoms with Crippen LogP contribution in [0.25, 0.3) is 0 Å². The normalized spacial score (nSPS) is 11.6. The van der Waals surface area contributed by atoms with Gasteiger partial charge in [-0.15, -0.1) is 11.8 Å². The van der Waals surface area contributed by atoms with E-state index in [9.17, 15) is 4.39 Å². The van der Waals surface area contributed by atoms with Gasteiger partial charge in [-0.25, -0.2) is 0 Å². The van der Waals surface area contributed by atoms with Gasteiger partial charge in [-0.2, -0.15) is 4.39 Å². The molecule has 0 heterocycles. The average molecular weight is 272 g/mol. The smallest absolute Gasteiger partial charge is 0.300 e. The van der Waals surface area contributed by atoms with Crippen LogP contribution in [-0.2, 0) is 4.74 Å². The monoisotopic (exact) mass is 272 g/mol. The number of ether oxygens (including phenoxy) is 1. The van der Waals surface area contributed by atoms with Gasteiger partial charge in [0.05, 0.1) is 0 Å². The summed E-state index contributed by atoms with van der Waals surface area (Å²) in [6, 6.07) is 0. The zero-order valence-electron chi connectivity index (χ0n) is 10.3. The molecule has 0 aliphatic rings. The van der Waals surface area contributed by atoms with Crippen LogP contribution in [0, 0.1) is 29.8 Å². The number of alkyl halides is 1. The second-order valence-electron chi connectivity index (χ2n) is 3.32. The van der Waals surface area contributed by atoms with Crippen LogP contribution in [0.4, 0.5) is 4.39 Å². The number of rotatable bonds is 6. The number of thioether (sulfide) groups is 2. The van der Waals surface area contributed by atoms with Crippen molar-refractivity contribution in [2.75, 3.05) is 5.75 Å². The van der Waals surface area contributed by atoms with Gasteiger partial charge in [0.15, 0.2) is 0 Å². The molecular formula is C13H17FOS2. The van der Waals surface area contributed by atoms with Gasteiger partial charge in [-0.1, -0.05) is 38.5 Å². The SMILES string of the molecule is CCCS/C=C/SC(F)OC#CC#CC(C)C. The van der Waals surface area contributed by atoms with Crippen molar-refractivity contribution in [2.45, 2.75) is 32.9 Å². The molecule has 0 rings (SSSR count). The van der Waals surface area contributed by atoms with Gasteiger partial charge in [0.25, 0.3) is 5.69 Å². The van der Waals surface area contributed by atoms with Crippen molar-refractivity contribution >= 4 is 23.5 Å². The van der Waals surface area contributed by atoms with Crippen LogP contribution in [0.5, 0.6) is 0 Å². The molecule has 94 valence electrons. The third kappa shape index (κ3) is 13.2. The molecule has 0 aromatic rings. The van der Waals surface area contributed by atoms with Gasteiger partial charge in [0.1, 0.15) is 6.11 Å². The lowest BCUT2D eigenvalue weighted by molar-refractivity contribution is 0.124. The number of hydrogen-bond acceptors (Lipinski definition) is 3. The summed E-state index contributed by atoms with van der Waals surface area (Å²) in [7, 11) is 0. The summed E-state index contributed by atoms with van der Waals surface area (Å²) in [6.45, 7) is 6.02. The molecule has 0 saturated carbocycles. The Labute approximate surface area is 112 Å². The molecule has 4 heteroatoms. The second kappa shape index (κ2) is 11.8. The van der Waals surface area contributed by atoms with Crippen LogP contribution in [0.2, 0.25) is 0 Å².